The summed E-state index contributed by atoms with van der Waals surface area (Å²) in [6.45, 7) is 10.1. The molecule has 1 aromatic carbocycles. The Kier molecular flexibility index (Phi) is 4.34. The van der Waals surface area contributed by atoms with Crippen molar-refractivity contribution in [3.63, 3.8) is 0 Å². The Hall–Kier alpha value is -2.54. The first-order valence-corrected chi connectivity index (χ1v) is 9.51. The SMILES string of the molecule is Cc1ccc2[nH]c(=O)c(C(c3nnnn3C(C)(C)C)N3CCCC3)cc2c1. The number of H-pyrrole nitrogens is 1. The van der Waals surface area contributed by atoms with E-state index in [9.17, 15) is 4.79 Å². The van der Waals surface area contributed by atoms with Crippen LogP contribution < -0.4 is 5.56 Å². The lowest BCUT2D eigenvalue weighted by Gasteiger charge is -2.29. The molecule has 7 nitrogen and oxygen atoms in total. The average Bonchev–Trinajstić information content (AvgIpc) is 3.27. The van der Waals surface area contributed by atoms with Crippen molar-refractivity contribution in [3.8, 4) is 0 Å². The molecule has 0 radical (unpaired) electrons. The van der Waals surface area contributed by atoms with Crippen molar-refractivity contribution in [3.05, 3.63) is 51.6 Å². The van der Waals surface area contributed by atoms with Gasteiger partial charge in [0.05, 0.1) is 5.54 Å². The van der Waals surface area contributed by atoms with Crippen LogP contribution in [0.1, 0.15) is 56.6 Å². The van der Waals surface area contributed by atoms with Crippen LogP contribution >= 0.6 is 0 Å². The summed E-state index contributed by atoms with van der Waals surface area (Å²) < 4.78 is 1.84. The van der Waals surface area contributed by atoms with E-state index in [2.05, 4.69) is 59.2 Å². The average molecular weight is 366 g/mol. The van der Waals surface area contributed by atoms with Crippen LogP contribution in [0.2, 0.25) is 0 Å². The third kappa shape index (κ3) is 3.27. The van der Waals surface area contributed by atoms with Crippen molar-refractivity contribution in [1.82, 2.24) is 30.1 Å². The lowest BCUT2D eigenvalue weighted by molar-refractivity contribution is 0.241. The van der Waals surface area contributed by atoms with Crippen LogP contribution in [0.15, 0.2) is 29.1 Å². The largest absolute Gasteiger partial charge is 0.322 e. The van der Waals surface area contributed by atoms with Gasteiger partial charge in [-0.1, -0.05) is 11.6 Å². The molecule has 0 aliphatic carbocycles. The van der Waals surface area contributed by atoms with Crippen LogP contribution in [0, 0.1) is 6.92 Å². The number of nitrogens with zero attached hydrogens (tertiary/aromatic N) is 5. The fourth-order valence-electron chi connectivity index (χ4n) is 3.89. The second-order valence-corrected chi connectivity index (χ2v) is 8.41. The van der Waals surface area contributed by atoms with Crippen molar-refractivity contribution in [2.45, 2.75) is 52.1 Å². The summed E-state index contributed by atoms with van der Waals surface area (Å²) in [4.78, 5) is 18.4. The molecule has 0 spiro atoms. The molecular weight excluding hydrogens is 340 g/mol. The molecule has 4 rings (SSSR count). The van der Waals surface area contributed by atoms with Crippen LogP contribution in [-0.2, 0) is 5.54 Å². The molecule has 1 aliphatic rings. The van der Waals surface area contributed by atoms with Gasteiger partial charge in [0.15, 0.2) is 5.82 Å². The summed E-state index contributed by atoms with van der Waals surface area (Å²) in [6.07, 6.45) is 2.25. The Bertz CT molecular complexity index is 1020. The predicted octanol–water partition coefficient (Wildman–Crippen LogP) is 2.76. The molecule has 3 heterocycles. The minimum Gasteiger partial charge on any atom is -0.322 e. The molecule has 27 heavy (non-hydrogen) atoms. The van der Waals surface area contributed by atoms with Gasteiger partial charge >= 0.3 is 0 Å². The van der Waals surface area contributed by atoms with Crippen LogP contribution in [0.5, 0.6) is 0 Å². The van der Waals surface area contributed by atoms with Crippen molar-refractivity contribution in [1.29, 1.82) is 0 Å². The minimum absolute atomic E-state index is 0.0771. The quantitative estimate of drug-likeness (QED) is 0.771. The summed E-state index contributed by atoms with van der Waals surface area (Å²) in [5, 5.41) is 13.5. The highest BCUT2D eigenvalue weighted by Gasteiger charge is 2.34. The Morgan fingerprint density at radius 1 is 1.15 bits per heavy atom. The van der Waals surface area contributed by atoms with E-state index in [1.807, 2.05) is 22.9 Å². The lowest BCUT2D eigenvalue weighted by atomic mass is 10.0. The number of aryl methyl sites for hydroxylation is 1. The maximum atomic E-state index is 13.0. The number of tetrazole rings is 1. The summed E-state index contributed by atoms with van der Waals surface area (Å²) in [5.74, 6) is 0.724. The molecule has 0 bridgehead atoms. The summed E-state index contributed by atoms with van der Waals surface area (Å²) in [7, 11) is 0. The molecule has 1 atom stereocenters. The van der Waals surface area contributed by atoms with Gasteiger partial charge in [0.2, 0.25) is 0 Å². The number of aromatic amines is 1. The van der Waals surface area contributed by atoms with Crippen LogP contribution in [0.3, 0.4) is 0 Å². The molecule has 1 fully saturated rings. The molecule has 1 aliphatic heterocycles. The molecule has 1 saturated heterocycles. The maximum Gasteiger partial charge on any atom is 0.253 e. The number of fused-ring (bicyclic) bond motifs is 1. The van der Waals surface area contributed by atoms with E-state index < -0.39 is 0 Å². The Labute approximate surface area is 158 Å². The third-order valence-corrected chi connectivity index (χ3v) is 5.20. The van der Waals surface area contributed by atoms with E-state index in [4.69, 9.17) is 0 Å². The summed E-state index contributed by atoms with van der Waals surface area (Å²) in [5.41, 5.74) is 2.38. The molecule has 0 saturated carbocycles. The minimum atomic E-state index is -0.267. The zero-order valence-corrected chi connectivity index (χ0v) is 16.4. The lowest BCUT2D eigenvalue weighted by Crippen LogP contribution is -2.36. The van der Waals surface area contributed by atoms with Gasteiger partial charge in [-0.15, -0.1) is 5.10 Å². The van der Waals surface area contributed by atoms with Gasteiger partial charge in [-0.3, -0.25) is 9.69 Å². The van der Waals surface area contributed by atoms with E-state index in [0.717, 1.165) is 48.2 Å². The second kappa shape index (κ2) is 6.56. The highest BCUT2D eigenvalue weighted by atomic mass is 16.1. The van der Waals surface area contributed by atoms with Gasteiger partial charge in [-0.2, -0.15) is 0 Å². The van der Waals surface area contributed by atoms with Crippen molar-refractivity contribution >= 4 is 10.9 Å². The Balaban J connectivity index is 1.93. The molecule has 1 N–H and O–H groups in total. The molecule has 7 heteroatoms. The van der Waals surface area contributed by atoms with Gasteiger partial charge in [-0.05, 0) is 87.6 Å². The third-order valence-electron chi connectivity index (χ3n) is 5.20. The number of likely N-dealkylation sites (tertiary alicyclic amines) is 1. The Morgan fingerprint density at radius 3 is 2.59 bits per heavy atom. The van der Waals surface area contributed by atoms with Gasteiger partial charge in [0, 0.05) is 11.1 Å². The summed E-state index contributed by atoms with van der Waals surface area (Å²) >= 11 is 0. The van der Waals surface area contributed by atoms with Gasteiger partial charge < -0.3 is 4.98 Å². The van der Waals surface area contributed by atoms with E-state index in [-0.39, 0.29) is 17.1 Å². The van der Waals surface area contributed by atoms with Gasteiger partial charge in [-0.25, -0.2) is 4.68 Å². The molecule has 0 amide bonds. The number of pyridine rings is 1. The van der Waals surface area contributed by atoms with Gasteiger partial charge in [0.25, 0.3) is 5.56 Å². The van der Waals surface area contributed by atoms with E-state index in [1.165, 1.54) is 0 Å². The van der Waals surface area contributed by atoms with E-state index >= 15 is 0 Å². The molecule has 1 unspecified atom stereocenters. The molecular formula is C20H26N6O. The fourth-order valence-corrected chi connectivity index (χ4v) is 3.89. The van der Waals surface area contributed by atoms with Crippen LogP contribution in [0.25, 0.3) is 10.9 Å². The van der Waals surface area contributed by atoms with Crippen LogP contribution in [-0.4, -0.2) is 43.2 Å². The number of rotatable bonds is 3. The second-order valence-electron chi connectivity index (χ2n) is 8.41. The Morgan fingerprint density at radius 2 is 1.89 bits per heavy atom. The monoisotopic (exact) mass is 366 g/mol. The molecule has 3 aromatic rings. The first-order chi connectivity index (χ1) is 12.8. The highest BCUT2D eigenvalue weighted by molar-refractivity contribution is 5.79. The van der Waals surface area contributed by atoms with Crippen LogP contribution in [0.4, 0.5) is 0 Å². The number of benzene rings is 1. The normalized spacial score (nSPS) is 16.9. The number of hydrogen-bond acceptors (Lipinski definition) is 5. The zero-order chi connectivity index (χ0) is 19.2. The predicted molar refractivity (Wildman–Crippen MR) is 105 cm³/mol. The summed E-state index contributed by atoms with van der Waals surface area (Å²) in [6, 6.07) is 7.82. The first kappa shape index (κ1) is 17.9. The topological polar surface area (TPSA) is 79.7 Å². The standard InChI is InChI=1S/C20H26N6O/c1-13-7-8-16-14(11-13)12-15(19(27)21-16)17(25-9-5-6-10-25)18-22-23-24-26(18)20(2,3)4/h7-8,11-12,17H,5-6,9-10H2,1-4H3,(H,21,27). The number of nitrogens with one attached hydrogen (secondary N) is 1. The van der Waals surface area contributed by atoms with E-state index in [1.54, 1.807) is 0 Å². The van der Waals surface area contributed by atoms with Gasteiger partial charge in [0.1, 0.15) is 6.04 Å². The number of aromatic nitrogens is 5. The molecule has 2 aromatic heterocycles. The van der Waals surface area contributed by atoms with Crippen molar-refractivity contribution < 1.29 is 0 Å². The highest BCUT2D eigenvalue weighted by Crippen LogP contribution is 2.31. The molecule has 142 valence electrons. The van der Waals surface area contributed by atoms with E-state index in [0.29, 0.717) is 5.56 Å². The van der Waals surface area contributed by atoms with Crippen molar-refractivity contribution in [2.75, 3.05) is 13.1 Å². The smallest absolute Gasteiger partial charge is 0.253 e. The number of hydrogen-bond donors (Lipinski definition) is 1. The first-order valence-electron chi connectivity index (χ1n) is 9.51. The zero-order valence-electron chi connectivity index (χ0n) is 16.4. The van der Waals surface area contributed by atoms with Crippen molar-refractivity contribution in [2.24, 2.45) is 0 Å². The fraction of sp³-hybridized carbons (Fsp3) is 0.500. The maximum absolute atomic E-state index is 13.0.